The number of halogens is 1. The predicted molar refractivity (Wildman–Crippen MR) is 90.8 cm³/mol. The van der Waals surface area contributed by atoms with Crippen molar-refractivity contribution in [2.24, 2.45) is 0 Å². The maximum absolute atomic E-state index is 13.1. The summed E-state index contributed by atoms with van der Waals surface area (Å²) in [4.78, 5) is 23.8. The Morgan fingerprint density at radius 1 is 1.08 bits per heavy atom. The summed E-state index contributed by atoms with van der Waals surface area (Å²) in [7, 11) is 3.06. The lowest BCUT2D eigenvalue weighted by atomic mass is 10.1. The molecule has 0 spiro atoms. The van der Waals surface area contributed by atoms with Gasteiger partial charge >= 0.3 is 11.8 Å². The minimum Gasteiger partial charge on any atom is -0.497 e. The highest BCUT2D eigenvalue weighted by molar-refractivity contribution is 6.39. The molecule has 7 heteroatoms. The van der Waals surface area contributed by atoms with Crippen molar-refractivity contribution in [1.82, 2.24) is 5.32 Å². The minimum absolute atomic E-state index is 0.0963. The number of ether oxygens (including phenoxy) is 2. The fourth-order valence-corrected chi connectivity index (χ4v) is 2.20. The molecule has 2 aromatic rings. The van der Waals surface area contributed by atoms with Crippen molar-refractivity contribution < 1.29 is 23.5 Å². The van der Waals surface area contributed by atoms with Crippen LogP contribution in [0.5, 0.6) is 5.75 Å². The van der Waals surface area contributed by atoms with Gasteiger partial charge in [0.05, 0.1) is 13.2 Å². The summed E-state index contributed by atoms with van der Waals surface area (Å²) in [5.74, 6) is -1.56. The van der Waals surface area contributed by atoms with Crippen molar-refractivity contribution >= 4 is 17.5 Å². The summed E-state index contributed by atoms with van der Waals surface area (Å²) in [5, 5.41) is 4.82. The van der Waals surface area contributed by atoms with E-state index in [4.69, 9.17) is 9.47 Å². The van der Waals surface area contributed by atoms with Crippen LogP contribution in [-0.2, 0) is 14.3 Å². The normalized spacial score (nSPS) is 11.5. The molecule has 0 fully saturated rings. The number of methoxy groups -OCH3 is 2. The largest absolute Gasteiger partial charge is 0.497 e. The second-order valence-electron chi connectivity index (χ2n) is 5.18. The highest BCUT2D eigenvalue weighted by Gasteiger charge is 2.17. The monoisotopic (exact) mass is 346 g/mol. The number of carbonyl (C=O) groups is 2. The maximum atomic E-state index is 13.1. The van der Waals surface area contributed by atoms with Gasteiger partial charge in [-0.05, 0) is 35.9 Å². The fourth-order valence-electron chi connectivity index (χ4n) is 2.20. The SMILES string of the molecule is COc1cccc(C(CNC(=O)C(=O)Nc2cccc(F)c2)OC)c1. The Bertz CT molecular complexity index is 751. The van der Waals surface area contributed by atoms with E-state index in [0.717, 1.165) is 11.6 Å². The first-order valence-electron chi connectivity index (χ1n) is 7.55. The zero-order chi connectivity index (χ0) is 18.2. The quantitative estimate of drug-likeness (QED) is 0.787. The zero-order valence-electron chi connectivity index (χ0n) is 13.9. The molecule has 0 aliphatic carbocycles. The van der Waals surface area contributed by atoms with E-state index in [1.54, 1.807) is 25.3 Å². The molecule has 25 heavy (non-hydrogen) atoms. The number of hydrogen-bond donors (Lipinski definition) is 2. The molecule has 2 amide bonds. The second kappa shape index (κ2) is 8.79. The Morgan fingerprint density at radius 2 is 1.84 bits per heavy atom. The molecule has 1 atom stereocenters. The van der Waals surface area contributed by atoms with Gasteiger partial charge < -0.3 is 20.1 Å². The molecule has 6 nitrogen and oxygen atoms in total. The lowest BCUT2D eigenvalue weighted by molar-refractivity contribution is -0.136. The third kappa shape index (κ3) is 5.29. The summed E-state index contributed by atoms with van der Waals surface area (Å²) >= 11 is 0. The van der Waals surface area contributed by atoms with Crippen LogP contribution in [0.25, 0.3) is 0 Å². The molecule has 0 saturated carbocycles. The van der Waals surface area contributed by atoms with E-state index in [1.165, 1.54) is 25.3 Å². The van der Waals surface area contributed by atoms with Crippen LogP contribution < -0.4 is 15.4 Å². The average Bonchev–Trinajstić information content (AvgIpc) is 2.62. The summed E-state index contributed by atoms with van der Waals surface area (Å²) in [6.45, 7) is 0.0963. The molecule has 0 aliphatic heterocycles. The second-order valence-corrected chi connectivity index (χ2v) is 5.18. The van der Waals surface area contributed by atoms with Crippen LogP contribution >= 0.6 is 0 Å². The van der Waals surface area contributed by atoms with Gasteiger partial charge in [0.15, 0.2) is 0 Å². The molecule has 1 unspecified atom stereocenters. The van der Waals surface area contributed by atoms with Crippen LogP contribution in [0.3, 0.4) is 0 Å². The summed E-state index contributed by atoms with van der Waals surface area (Å²) in [5.41, 5.74) is 1.00. The highest BCUT2D eigenvalue weighted by atomic mass is 19.1. The van der Waals surface area contributed by atoms with Crippen LogP contribution in [0.2, 0.25) is 0 Å². The molecule has 0 bridgehead atoms. The number of amides is 2. The predicted octanol–water partition coefficient (Wildman–Crippen LogP) is 2.28. The Balaban J connectivity index is 1.93. The van der Waals surface area contributed by atoms with Crippen molar-refractivity contribution in [3.8, 4) is 5.75 Å². The third-order valence-corrected chi connectivity index (χ3v) is 3.49. The summed E-state index contributed by atoms with van der Waals surface area (Å²) in [6.07, 6.45) is -0.444. The number of carbonyl (C=O) groups excluding carboxylic acids is 2. The minimum atomic E-state index is -0.883. The molecule has 2 rings (SSSR count). The van der Waals surface area contributed by atoms with Gasteiger partial charge in [0.1, 0.15) is 11.6 Å². The first kappa shape index (κ1) is 18.4. The number of nitrogens with one attached hydrogen (secondary N) is 2. The van der Waals surface area contributed by atoms with Crippen LogP contribution in [0.15, 0.2) is 48.5 Å². The van der Waals surface area contributed by atoms with Gasteiger partial charge in [-0.1, -0.05) is 18.2 Å². The van der Waals surface area contributed by atoms with Gasteiger partial charge in [0.25, 0.3) is 0 Å². The van der Waals surface area contributed by atoms with E-state index in [2.05, 4.69) is 10.6 Å². The van der Waals surface area contributed by atoms with E-state index >= 15 is 0 Å². The molecule has 2 N–H and O–H groups in total. The highest BCUT2D eigenvalue weighted by Crippen LogP contribution is 2.21. The molecule has 2 aromatic carbocycles. The van der Waals surface area contributed by atoms with Gasteiger partial charge in [0, 0.05) is 19.3 Å². The molecular formula is C18H19FN2O4. The Labute approximate surface area is 144 Å². The molecule has 0 radical (unpaired) electrons. The number of hydrogen-bond acceptors (Lipinski definition) is 4. The van der Waals surface area contributed by atoms with Crippen LogP contribution in [-0.4, -0.2) is 32.6 Å². The molecule has 0 heterocycles. The Kier molecular flexibility index (Phi) is 6.47. The first-order valence-corrected chi connectivity index (χ1v) is 7.55. The van der Waals surface area contributed by atoms with Crippen LogP contribution in [0, 0.1) is 5.82 Å². The van der Waals surface area contributed by atoms with Crippen molar-refractivity contribution in [2.45, 2.75) is 6.10 Å². The van der Waals surface area contributed by atoms with Gasteiger partial charge in [0.2, 0.25) is 0 Å². The molecular weight excluding hydrogens is 327 g/mol. The third-order valence-electron chi connectivity index (χ3n) is 3.49. The van der Waals surface area contributed by atoms with Gasteiger partial charge in [-0.25, -0.2) is 4.39 Å². The van der Waals surface area contributed by atoms with E-state index < -0.39 is 23.7 Å². The zero-order valence-corrected chi connectivity index (χ0v) is 13.9. The topological polar surface area (TPSA) is 76.7 Å². The van der Waals surface area contributed by atoms with Crippen molar-refractivity contribution in [3.05, 3.63) is 59.9 Å². The number of anilines is 1. The molecule has 0 aliphatic rings. The van der Waals surface area contributed by atoms with E-state index in [-0.39, 0.29) is 12.2 Å². The van der Waals surface area contributed by atoms with E-state index in [0.29, 0.717) is 5.75 Å². The van der Waals surface area contributed by atoms with Gasteiger partial charge in [-0.2, -0.15) is 0 Å². The van der Waals surface area contributed by atoms with Crippen molar-refractivity contribution in [1.29, 1.82) is 0 Å². The number of rotatable bonds is 6. The Morgan fingerprint density at radius 3 is 2.52 bits per heavy atom. The average molecular weight is 346 g/mol. The van der Waals surface area contributed by atoms with Crippen molar-refractivity contribution in [3.63, 3.8) is 0 Å². The smallest absolute Gasteiger partial charge is 0.313 e. The summed E-state index contributed by atoms with van der Waals surface area (Å²) in [6, 6.07) is 12.5. The lowest BCUT2D eigenvalue weighted by Gasteiger charge is -2.17. The molecule has 0 saturated heterocycles. The van der Waals surface area contributed by atoms with E-state index in [9.17, 15) is 14.0 Å². The summed E-state index contributed by atoms with van der Waals surface area (Å²) < 4.78 is 23.6. The lowest BCUT2D eigenvalue weighted by Crippen LogP contribution is -2.38. The first-order chi connectivity index (χ1) is 12.0. The molecule has 0 aromatic heterocycles. The number of benzene rings is 2. The molecule has 132 valence electrons. The van der Waals surface area contributed by atoms with Crippen molar-refractivity contribution in [2.75, 3.05) is 26.1 Å². The van der Waals surface area contributed by atoms with Crippen LogP contribution in [0.1, 0.15) is 11.7 Å². The van der Waals surface area contributed by atoms with Gasteiger partial charge in [-0.3, -0.25) is 9.59 Å². The fraction of sp³-hybridized carbons (Fsp3) is 0.222. The maximum Gasteiger partial charge on any atom is 0.313 e. The Hall–Kier alpha value is -2.93. The van der Waals surface area contributed by atoms with E-state index in [1.807, 2.05) is 6.07 Å². The van der Waals surface area contributed by atoms with Crippen LogP contribution in [0.4, 0.5) is 10.1 Å². The van der Waals surface area contributed by atoms with Gasteiger partial charge in [-0.15, -0.1) is 0 Å². The standard InChI is InChI=1S/C18H19FN2O4/c1-24-15-8-3-5-12(9-15)16(25-2)11-20-17(22)18(23)21-14-7-4-6-13(19)10-14/h3-10,16H,11H2,1-2H3,(H,20,22)(H,21,23).